The number of nitrogens with one attached hydrogen (secondary N) is 1. The van der Waals surface area contributed by atoms with Crippen LogP contribution in [0.15, 0.2) is 24.3 Å². The van der Waals surface area contributed by atoms with Crippen molar-refractivity contribution in [1.29, 1.82) is 5.26 Å². The highest BCUT2D eigenvalue weighted by molar-refractivity contribution is 7.98. The van der Waals surface area contributed by atoms with Crippen LogP contribution < -0.4 is 5.32 Å². The minimum absolute atomic E-state index is 0.379. The molecule has 1 N–H and O–H groups in total. The Balaban J connectivity index is 2.31. The molecule has 0 aromatic heterocycles. The van der Waals surface area contributed by atoms with E-state index in [1.54, 1.807) is 0 Å². The Hall–Kier alpha value is -0.980. The van der Waals surface area contributed by atoms with Gasteiger partial charge in [-0.15, -0.1) is 0 Å². The van der Waals surface area contributed by atoms with Gasteiger partial charge in [0.1, 0.15) is 5.54 Å². The van der Waals surface area contributed by atoms with Crippen molar-refractivity contribution in [2.45, 2.75) is 44.9 Å². The highest BCUT2D eigenvalue weighted by Gasteiger charge is 2.21. The molecule has 104 valence electrons. The molecule has 1 atom stereocenters. The monoisotopic (exact) mass is 276 g/mol. The third-order valence-electron chi connectivity index (χ3n) is 3.11. The lowest BCUT2D eigenvalue weighted by Gasteiger charge is -2.22. The van der Waals surface area contributed by atoms with Gasteiger partial charge in [0.05, 0.1) is 6.07 Å². The van der Waals surface area contributed by atoms with Gasteiger partial charge in [-0.3, -0.25) is 5.32 Å². The summed E-state index contributed by atoms with van der Waals surface area (Å²) in [7, 11) is 0. The maximum absolute atomic E-state index is 9.24. The quantitative estimate of drug-likeness (QED) is 0.731. The molecule has 0 spiro atoms. The number of thioether (sulfide) groups is 1. The molecule has 0 bridgehead atoms. The molecule has 19 heavy (non-hydrogen) atoms. The van der Waals surface area contributed by atoms with E-state index < -0.39 is 0 Å². The van der Waals surface area contributed by atoms with Crippen LogP contribution in [0.1, 0.15) is 37.8 Å². The first-order valence-electron chi connectivity index (χ1n) is 6.89. The van der Waals surface area contributed by atoms with Crippen molar-refractivity contribution in [3.05, 3.63) is 35.4 Å². The summed E-state index contributed by atoms with van der Waals surface area (Å²) in [6.45, 7) is 7.15. The van der Waals surface area contributed by atoms with Gasteiger partial charge in [-0.25, -0.2) is 0 Å². The van der Waals surface area contributed by atoms with E-state index in [1.807, 2.05) is 18.7 Å². The van der Waals surface area contributed by atoms with Gasteiger partial charge in [0.15, 0.2) is 0 Å². The van der Waals surface area contributed by atoms with E-state index >= 15 is 0 Å². The summed E-state index contributed by atoms with van der Waals surface area (Å²) >= 11 is 1.90. The van der Waals surface area contributed by atoms with Crippen LogP contribution in [-0.4, -0.2) is 17.8 Å². The predicted molar refractivity (Wildman–Crippen MR) is 84.3 cm³/mol. The summed E-state index contributed by atoms with van der Waals surface area (Å²) in [5.74, 6) is 2.03. The first-order chi connectivity index (χ1) is 9.09. The lowest BCUT2D eigenvalue weighted by atomic mass is 10.0. The molecule has 1 unspecified atom stereocenters. The lowest BCUT2D eigenvalue weighted by molar-refractivity contribution is 0.437. The molecule has 0 radical (unpaired) electrons. The van der Waals surface area contributed by atoms with Crippen LogP contribution in [0, 0.1) is 18.3 Å². The van der Waals surface area contributed by atoms with Gasteiger partial charge in [0, 0.05) is 5.75 Å². The van der Waals surface area contributed by atoms with Crippen molar-refractivity contribution < 1.29 is 0 Å². The van der Waals surface area contributed by atoms with E-state index in [1.165, 1.54) is 11.1 Å². The molecule has 1 aromatic carbocycles. The van der Waals surface area contributed by atoms with Gasteiger partial charge < -0.3 is 0 Å². The molecule has 3 heteroatoms. The SMILES string of the molecule is CCCNC(C)(C#N)CCSCc1cccc(C)c1. The fourth-order valence-electron chi connectivity index (χ4n) is 1.85. The Morgan fingerprint density at radius 1 is 1.42 bits per heavy atom. The summed E-state index contributed by atoms with van der Waals surface area (Å²) in [5, 5.41) is 12.6. The summed E-state index contributed by atoms with van der Waals surface area (Å²) in [4.78, 5) is 0. The Kier molecular flexibility index (Phi) is 6.97. The average molecular weight is 276 g/mol. The molecule has 0 heterocycles. The van der Waals surface area contributed by atoms with Crippen molar-refractivity contribution in [1.82, 2.24) is 5.32 Å². The predicted octanol–water partition coefficient (Wildman–Crippen LogP) is 3.90. The molecule has 0 aliphatic carbocycles. The van der Waals surface area contributed by atoms with Crippen molar-refractivity contribution in [3.63, 3.8) is 0 Å². The second kappa shape index (κ2) is 8.24. The third-order valence-corrected chi connectivity index (χ3v) is 4.14. The maximum Gasteiger partial charge on any atom is 0.104 e. The third kappa shape index (κ3) is 6.13. The zero-order valence-electron chi connectivity index (χ0n) is 12.2. The normalized spacial score (nSPS) is 13.8. The van der Waals surface area contributed by atoms with Crippen LogP contribution in [0.2, 0.25) is 0 Å². The Morgan fingerprint density at radius 2 is 2.21 bits per heavy atom. The van der Waals surface area contributed by atoms with Crippen LogP contribution in [0.3, 0.4) is 0 Å². The molecule has 0 saturated heterocycles. The summed E-state index contributed by atoms with van der Waals surface area (Å²) in [5.41, 5.74) is 2.30. The molecule has 1 rings (SSSR count). The zero-order chi connectivity index (χ0) is 14.1. The van der Waals surface area contributed by atoms with Crippen LogP contribution in [0.25, 0.3) is 0 Å². The lowest BCUT2D eigenvalue weighted by Crippen LogP contribution is -2.41. The molecule has 0 amide bonds. The molecule has 0 aliphatic rings. The van der Waals surface area contributed by atoms with Gasteiger partial charge in [0.2, 0.25) is 0 Å². The maximum atomic E-state index is 9.24. The number of rotatable bonds is 8. The van der Waals surface area contributed by atoms with E-state index in [9.17, 15) is 5.26 Å². The van der Waals surface area contributed by atoms with E-state index in [-0.39, 0.29) is 5.54 Å². The van der Waals surface area contributed by atoms with E-state index in [4.69, 9.17) is 0 Å². The van der Waals surface area contributed by atoms with Crippen LogP contribution in [0.4, 0.5) is 0 Å². The molecular weight excluding hydrogens is 252 g/mol. The van der Waals surface area contributed by atoms with Gasteiger partial charge >= 0.3 is 0 Å². The van der Waals surface area contributed by atoms with Crippen molar-refractivity contribution in [2.75, 3.05) is 12.3 Å². The van der Waals surface area contributed by atoms with E-state index in [0.29, 0.717) is 0 Å². The fourth-order valence-corrected chi connectivity index (χ4v) is 2.97. The summed E-state index contributed by atoms with van der Waals surface area (Å²) in [6.07, 6.45) is 1.95. The minimum atomic E-state index is -0.379. The van der Waals surface area contributed by atoms with Crippen LogP contribution in [-0.2, 0) is 5.75 Å². The van der Waals surface area contributed by atoms with Crippen molar-refractivity contribution in [3.8, 4) is 6.07 Å². The van der Waals surface area contributed by atoms with Gasteiger partial charge in [0.25, 0.3) is 0 Å². The number of nitriles is 1. The Morgan fingerprint density at radius 3 is 2.84 bits per heavy atom. The first kappa shape index (κ1) is 16.1. The molecule has 0 saturated carbocycles. The number of hydrogen-bond donors (Lipinski definition) is 1. The van der Waals surface area contributed by atoms with Crippen LogP contribution >= 0.6 is 11.8 Å². The molecular formula is C16H24N2S. The minimum Gasteiger partial charge on any atom is -0.300 e. The molecule has 2 nitrogen and oxygen atoms in total. The molecule has 1 aromatic rings. The topological polar surface area (TPSA) is 35.8 Å². The number of hydrogen-bond acceptors (Lipinski definition) is 3. The average Bonchev–Trinajstić information content (AvgIpc) is 2.42. The standard InChI is InChI=1S/C16H24N2S/c1-4-9-18-16(3,13-17)8-10-19-12-15-7-5-6-14(2)11-15/h5-7,11,18H,4,8-10,12H2,1-3H3. The fraction of sp³-hybridized carbons (Fsp3) is 0.562. The summed E-state index contributed by atoms with van der Waals surface area (Å²) < 4.78 is 0. The number of benzene rings is 1. The Bertz CT molecular complexity index is 425. The largest absolute Gasteiger partial charge is 0.300 e. The second-order valence-corrected chi connectivity index (χ2v) is 6.27. The highest BCUT2D eigenvalue weighted by atomic mass is 32.2. The summed E-state index contributed by atoms with van der Waals surface area (Å²) in [6, 6.07) is 11.0. The number of nitrogens with zero attached hydrogens (tertiary/aromatic N) is 1. The van der Waals surface area contributed by atoms with Crippen molar-refractivity contribution >= 4 is 11.8 Å². The van der Waals surface area contributed by atoms with Crippen molar-refractivity contribution in [2.24, 2.45) is 0 Å². The first-order valence-corrected chi connectivity index (χ1v) is 8.04. The van der Waals surface area contributed by atoms with E-state index in [0.717, 1.165) is 30.9 Å². The van der Waals surface area contributed by atoms with Crippen LogP contribution in [0.5, 0.6) is 0 Å². The zero-order valence-corrected chi connectivity index (χ0v) is 13.0. The molecule has 0 fully saturated rings. The van der Waals surface area contributed by atoms with Gasteiger partial charge in [-0.05, 0) is 44.6 Å². The van der Waals surface area contributed by atoms with E-state index in [2.05, 4.69) is 49.5 Å². The number of aryl methyl sites for hydroxylation is 1. The smallest absolute Gasteiger partial charge is 0.104 e. The highest BCUT2D eigenvalue weighted by Crippen LogP contribution is 2.18. The van der Waals surface area contributed by atoms with Gasteiger partial charge in [-0.1, -0.05) is 36.8 Å². The van der Waals surface area contributed by atoms with Gasteiger partial charge in [-0.2, -0.15) is 17.0 Å². The Labute approximate surface area is 121 Å². The molecule has 0 aliphatic heterocycles. The second-order valence-electron chi connectivity index (χ2n) is 5.16.